The molecule has 0 fully saturated rings. The molecule has 0 atom stereocenters. The van der Waals surface area contributed by atoms with E-state index in [1.54, 1.807) is 23.0 Å². The second-order valence-corrected chi connectivity index (χ2v) is 6.87. The zero-order valence-electron chi connectivity index (χ0n) is 15.5. The van der Waals surface area contributed by atoms with Crippen LogP contribution in [0.15, 0.2) is 90.2 Å². The van der Waals surface area contributed by atoms with Crippen LogP contribution in [-0.4, -0.2) is 15.9 Å². The van der Waals surface area contributed by atoms with Crippen molar-refractivity contribution in [3.05, 3.63) is 107 Å². The van der Waals surface area contributed by atoms with Gasteiger partial charge in [0.15, 0.2) is 0 Å². The first kappa shape index (κ1) is 18.9. The van der Waals surface area contributed by atoms with Gasteiger partial charge in [0.1, 0.15) is 5.82 Å². The highest BCUT2D eigenvalue weighted by atomic mass is 35.5. The number of nitrogens with one attached hydrogen (secondary N) is 1. The Morgan fingerprint density at radius 3 is 2.41 bits per heavy atom. The molecule has 0 aliphatic heterocycles. The maximum atomic E-state index is 13.1. The van der Waals surface area contributed by atoms with Gasteiger partial charge in [0.2, 0.25) is 5.95 Å². The minimum absolute atomic E-state index is 0.276. The molecule has 1 N–H and O–H groups in total. The maximum absolute atomic E-state index is 13.1. The summed E-state index contributed by atoms with van der Waals surface area (Å²) in [6.07, 6.45) is 3.53. The number of rotatable bonds is 6. The van der Waals surface area contributed by atoms with Crippen molar-refractivity contribution in [3.8, 4) is 11.3 Å². The van der Waals surface area contributed by atoms with Crippen molar-refractivity contribution in [1.82, 2.24) is 9.66 Å². The van der Waals surface area contributed by atoms with Gasteiger partial charge in [-0.25, -0.2) is 14.1 Å². The average Bonchev–Trinajstić information content (AvgIpc) is 3.17. The van der Waals surface area contributed by atoms with E-state index < -0.39 is 0 Å². The van der Waals surface area contributed by atoms with Crippen LogP contribution in [0.25, 0.3) is 11.3 Å². The molecular formula is C23H18ClFN4. The minimum atomic E-state index is -0.276. The van der Waals surface area contributed by atoms with Gasteiger partial charge < -0.3 is 5.32 Å². The molecule has 0 aliphatic carbocycles. The Morgan fingerprint density at radius 1 is 0.966 bits per heavy atom. The van der Waals surface area contributed by atoms with Gasteiger partial charge in [-0.3, -0.25) is 0 Å². The van der Waals surface area contributed by atoms with Crippen LogP contribution in [0.4, 0.5) is 10.3 Å². The molecule has 1 aromatic heterocycles. The van der Waals surface area contributed by atoms with E-state index in [4.69, 9.17) is 16.6 Å². The van der Waals surface area contributed by atoms with Gasteiger partial charge in [-0.15, -0.1) is 0 Å². The summed E-state index contributed by atoms with van der Waals surface area (Å²) in [7, 11) is 0. The smallest absolute Gasteiger partial charge is 0.224 e. The number of hydrogen-bond acceptors (Lipinski definition) is 3. The Bertz CT molecular complexity index is 1100. The SMILES string of the molecule is Fc1ccc(C=Nn2cc(-c3ccccc3)nc2NCc2ccc(Cl)cc2)cc1. The number of halogens is 2. The number of aromatic nitrogens is 2. The van der Waals surface area contributed by atoms with E-state index in [2.05, 4.69) is 10.4 Å². The molecule has 3 aromatic carbocycles. The number of benzene rings is 3. The lowest BCUT2D eigenvalue weighted by atomic mass is 10.2. The van der Waals surface area contributed by atoms with Crippen molar-refractivity contribution in [3.63, 3.8) is 0 Å². The van der Waals surface area contributed by atoms with Crippen LogP contribution in [-0.2, 0) is 6.54 Å². The van der Waals surface area contributed by atoms with E-state index in [0.717, 1.165) is 22.4 Å². The van der Waals surface area contributed by atoms with E-state index >= 15 is 0 Å². The molecule has 0 bridgehead atoms. The third-order valence-corrected chi connectivity index (χ3v) is 4.57. The Kier molecular flexibility index (Phi) is 5.68. The molecule has 0 saturated heterocycles. The van der Waals surface area contributed by atoms with E-state index in [1.807, 2.05) is 60.8 Å². The van der Waals surface area contributed by atoms with E-state index in [0.29, 0.717) is 17.5 Å². The predicted molar refractivity (Wildman–Crippen MR) is 116 cm³/mol. The Labute approximate surface area is 173 Å². The Balaban J connectivity index is 1.61. The molecule has 1 heterocycles. The maximum Gasteiger partial charge on any atom is 0.224 e. The van der Waals surface area contributed by atoms with Crippen molar-refractivity contribution < 1.29 is 4.39 Å². The molecule has 29 heavy (non-hydrogen) atoms. The molecule has 0 amide bonds. The van der Waals surface area contributed by atoms with Gasteiger partial charge in [0.05, 0.1) is 18.1 Å². The third kappa shape index (κ3) is 4.89. The Hall–Kier alpha value is -3.44. The molecule has 0 spiro atoms. The summed E-state index contributed by atoms with van der Waals surface area (Å²) >= 11 is 5.95. The van der Waals surface area contributed by atoms with Crippen molar-refractivity contribution in [1.29, 1.82) is 0 Å². The van der Waals surface area contributed by atoms with Crippen LogP contribution in [0, 0.1) is 5.82 Å². The zero-order valence-corrected chi connectivity index (χ0v) is 16.2. The third-order valence-electron chi connectivity index (χ3n) is 4.32. The summed E-state index contributed by atoms with van der Waals surface area (Å²) in [5.41, 5.74) is 3.68. The summed E-state index contributed by atoms with van der Waals surface area (Å²) in [4.78, 5) is 4.69. The highest BCUT2D eigenvalue weighted by Gasteiger charge is 2.09. The lowest BCUT2D eigenvalue weighted by molar-refractivity contribution is 0.628. The van der Waals surface area contributed by atoms with Gasteiger partial charge in [0.25, 0.3) is 0 Å². The standard InChI is InChI=1S/C23H18ClFN4/c24-20-10-6-17(7-11-20)14-26-23-28-22(19-4-2-1-3-5-19)16-29(23)27-15-18-8-12-21(25)13-9-18/h1-13,15-16H,14H2,(H,26,28). The molecular weight excluding hydrogens is 387 g/mol. The number of hydrogen-bond donors (Lipinski definition) is 1. The molecule has 4 aromatic rings. The summed E-state index contributed by atoms with van der Waals surface area (Å²) < 4.78 is 14.8. The van der Waals surface area contributed by atoms with Crippen LogP contribution >= 0.6 is 11.6 Å². The molecule has 4 nitrogen and oxygen atoms in total. The molecule has 0 aliphatic rings. The summed E-state index contributed by atoms with van der Waals surface area (Å²) in [5.74, 6) is 0.332. The highest BCUT2D eigenvalue weighted by Crippen LogP contribution is 2.21. The largest absolute Gasteiger partial charge is 0.350 e. The van der Waals surface area contributed by atoms with Crippen LogP contribution in [0.2, 0.25) is 5.02 Å². The van der Waals surface area contributed by atoms with Gasteiger partial charge in [0, 0.05) is 17.1 Å². The van der Waals surface area contributed by atoms with Crippen LogP contribution in [0.5, 0.6) is 0 Å². The fourth-order valence-electron chi connectivity index (χ4n) is 2.79. The van der Waals surface area contributed by atoms with E-state index in [-0.39, 0.29) is 5.82 Å². The normalized spacial score (nSPS) is 11.1. The van der Waals surface area contributed by atoms with Crippen LogP contribution in [0.3, 0.4) is 0 Å². The first-order valence-electron chi connectivity index (χ1n) is 9.10. The number of nitrogens with zero attached hydrogens (tertiary/aromatic N) is 3. The van der Waals surface area contributed by atoms with Gasteiger partial charge in [-0.2, -0.15) is 5.10 Å². The molecule has 4 rings (SSSR count). The molecule has 144 valence electrons. The van der Waals surface area contributed by atoms with Gasteiger partial charge in [-0.1, -0.05) is 66.2 Å². The first-order valence-corrected chi connectivity index (χ1v) is 9.48. The van der Waals surface area contributed by atoms with Crippen molar-refractivity contribution in [2.45, 2.75) is 6.54 Å². The van der Waals surface area contributed by atoms with E-state index in [1.165, 1.54) is 12.1 Å². The summed E-state index contributed by atoms with van der Waals surface area (Å²) in [5, 5.41) is 8.52. The molecule has 6 heteroatoms. The Morgan fingerprint density at radius 2 is 1.69 bits per heavy atom. The number of imidazole rings is 1. The van der Waals surface area contributed by atoms with Crippen LogP contribution < -0.4 is 5.32 Å². The fourth-order valence-corrected chi connectivity index (χ4v) is 2.91. The minimum Gasteiger partial charge on any atom is -0.350 e. The molecule has 0 unspecified atom stereocenters. The van der Waals surface area contributed by atoms with E-state index in [9.17, 15) is 4.39 Å². The molecule has 0 saturated carbocycles. The van der Waals surface area contributed by atoms with Crippen molar-refractivity contribution in [2.24, 2.45) is 5.10 Å². The summed E-state index contributed by atoms with van der Waals surface area (Å²) in [6.45, 7) is 0.578. The zero-order chi connectivity index (χ0) is 20.1. The predicted octanol–water partition coefficient (Wildman–Crippen LogP) is 5.84. The van der Waals surface area contributed by atoms with Gasteiger partial charge >= 0.3 is 0 Å². The monoisotopic (exact) mass is 404 g/mol. The topological polar surface area (TPSA) is 42.2 Å². The first-order chi connectivity index (χ1) is 14.2. The fraction of sp³-hybridized carbons (Fsp3) is 0.0435. The van der Waals surface area contributed by atoms with Crippen LogP contribution in [0.1, 0.15) is 11.1 Å². The second kappa shape index (κ2) is 8.71. The quantitative estimate of drug-likeness (QED) is 0.410. The van der Waals surface area contributed by atoms with Crippen molar-refractivity contribution in [2.75, 3.05) is 5.32 Å². The highest BCUT2D eigenvalue weighted by molar-refractivity contribution is 6.30. The van der Waals surface area contributed by atoms with Crippen molar-refractivity contribution >= 4 is 23.8 Å². The summed E-state index contributed by atoms with van der Waals surface area (Å²) in [6, 6.07) is 23.7. The second-order valence-electron chi connectivity index (χ2n) is 6.44. The molecule has 0 radical (unpaired) electrons. The van der Waals surface area contributed by atoms with Gasteiger partial charge in [-0.05, 0) is 35.4 Å². The lowest BCUT2D eigenvalue weighted by Crippen LogP contribution is -2.04. The number of anilines is 1. The lowest BCUT2D eigenvalue weighted by Gasteiger charge is -2.06. The average molecular weight is 405 g/mol.